The number of aromatic nitrogens is 1. The molecule has 0 saturated carbocycles. The van der Waals surface area contributed by atoms with Crippen molar-refractivity contribution in [2.45, 2.75) is 20.5 Å². The van der Waals surface area contributed by atoms with E-state index in [1.165, 1.54) is 7.11 Å². The number of carbonyl (C=O) groups is 1. The Balaban J connectivity index is 2.01. The highest BCUT2D eigenvalue weighted by atomic mass is 16.5. The number of fused-ring (bicyclic) bond motifs is 1. The molecule has 3 rings (SSSR count). The van der Waals surface area contributed by atoms with Crippen LogP contribution in [-0.2, 0) is 11.3 Å². The van der Waals surface area contributed by atoms with Gasteiger partial charge in [-0.05, 0) is 37.6 Å². The van der Waals surface area contributed by atoms with Gasteiger partial charge < -0.3 is 14.2 Å². The topological polar surface area (TPSA) is 81.4 Å². The maximum atomic E-state index is 12.6. The SMILES string of the molecule is CCOC(=O)c1c(COc2ccc(C#N)cc2OC)nc2ccccc2c1C. The molecule has 0 N–H and O–H groups in total. The summed E-state index contributed by atoms with van der Waals surface area (Å²) in [6.45, 7) is 3.97. The van der Waals surface area contributed by atoms with E-state index in [9.17, 15) is 4.79 Å². The Kier molecular flexibility index (Phi) is 5.75. The van der Waals surface area contributed by atoms with Crippen LogP contribution in [0.3, 0.4) is 0 Å². The summed E-state index contributed by atoms with van der Waals surface area (Å²) in [7, 11) is 1.51. The molecule has 2 aromatic carbocycles. The second-order valence-electron chi connectivity index (χ2n) is 6.06. The van der Waals surface area contributed by atoms with Gasteiger partial charge >= 0.3 is 5.97 Å². The Bertz CT molecular complexity index is 1070. The van der Waals surface area contributed by atoms with E-state index in [1.807, 2.05) is 31.2 Å². The molecule has 142 valence electrons. The quantitative estimate of drug-likeness (QED) is 0.600. The first-order valence-electron chi connectivity index (χ1n) is 8.85. The predicted molar refractivity (Wildman–Crippen MR) is 104 cm³/mol. The van der Waals surface area contributed by atoms with Gasteiger partial charge in [0.2, 0.25) is 0 Å². The Hall–Kier alpha value is -3.59. The third-order valence-electron chi connectivity index (χ3n) is 4.36. The normalized spacial score (nSPS) is 10.4. The first-order valence-corrected chi connectivity index (χ1v) is 8.85. The number of hydrogen-bond acceptors (Lipinski definition) is 6. The van der Waals surface area contributed by atoms with Gasteiger partial charge in [-0.3, -0.25) is 0 Å². The summed E-state index contributed by atoms with van der Waals surface area (Å²) in [6.07, 6.45) is 0. The van der Waals surface area contributed by atoms with E-state index in [2.05, 4.69) is 11.1 Å². The first kappa shape index (κ1) is 19.2. The van der Waals surface area contributed by atoms with Crippen LogP contribution in [0.15, 0.2) is 42.5 Å². The molecular weight excluding hydrogens is 356 g/mol. The molecule has 0 aliphatic heterocycles. The third-order valence-corrected chi connectivity index (χ3v) is 4.36. The number of methoxy groups -OCH3 is 1. The van der Waals surface area contributed by atoms with Crippen LogP contribution >= 0.6 is 0 Å². The minimum atomic E-state index is -0.427. The Morgan fingerprint density at radius 3 is 2.68 bits per heavy atom. The summed E-state index contributed by atoms with van der Waals surface area (Å²) in [5.74, 6) is 0.474. The van der Waals surface area contributed by atoms with Crippen molar-refractivity contribution in [3.63, 3.8) is 0 Å². The highest BCUT2D eigenvalue weighted by Gasteiger charge is 2.20. The molecule has 6 nitrogen and oxygen atoms in total. The molecule has 0 amide bonds. The number of hydrogen-bond donors (Lipinski definition) is 0. The lowest BCUT2D eigenvalue weighted by atomic mass is 10.0. The summed E-state index contributed by atoms with van der Waals surface area (Å²) in [5.41, 5.74) is 2.94. The average Bonchev–Trinajstić information content (AvgIpc) is 2.72. The molecule has 1 aromatic heterocycles. The lowest BCUT2D eigenvalue weighted by molar-refractivity contribution is 0.0522. The van der Waals surface area contributed by atoms with Crippen LogP contribution in [-0.4, -0.2) is 24.7 Å². The number of nitrogens with zero attached hydrogens (tertiary/aromatic N) is 2. The van der Waals surface area contributed by atoms with Gasteiger partial charge in [-0.25, -0.2) is 9.78 Å². The summed E-state index contributed by atoms with van der Waals surface area (Å²) in [5, 5.41) is 9.92. The monoisotopic (exact) mass is 376 g/mol. The lowest BCUT2D eigenvalue weighted by Gasteiger charge is -2.15. The molecule has 3 aromatic rings. The van der Waals surface area contributed by atoms with Crippen molar-refractivity contribution in [1.29, 1.82) is 5.26 Å². The fourth-order valence-corrected chi connectivity index (χ4v) is 3.02. The zero-order chi connectivity index (χ0) is 20.1. The first-order chi connectivity index (χ1) is 13.6. The molecule has 0 aliphatic rings. The highest BCUT2D eigenvalue weighted by Crippen LogP contribution is 2.30. The van der Waals surface area contributed by atoms with Crippen LogP contribution in [0.5, 0.6) is 11.5 Å². The number of nitriles is 1. The fourth-order valence-electron chi connectivity index (χ4n) is 3.02. The van der Waals surface area contributed by atoms with Crippen LogP contribution < -0.4 is 9.47 Å². The molecule has 1 heterocycles. The second kappa shape index (κ2) is 8.40. The number of para-hydroxylation sites is 1. The molecule has 28 heavy (non-hydrogen) atoms. The number of ether oxygens (including phenoxy) is 3. The molecule has 6 heteroatoms. The van der Waals surface area contributed by atoms with Gasteiger partial charge in [0.05, 0.1) is 42.1 Å². The maximum Gasteiger partial charge on any atom is 0.340 e. The van der Waals surface area contributed by atoms with Crippen molar-refractivity contribution in [1.82, 2.24) is 4.98 Å². The van der Waals surface area contributed by atoms with E-state index in [0.29, 0.717) is 28.3 Å². The number of pyridine rings is 1. The van der Waals surface area contributed by atoms with E-state index >= 15 is 0 Å². The van der Waals surface area contributed by atoms with E-state index in [0.717, 1.165) is 16.5 Å². The molecule has 0 atom stereocenters. The zero-order valence-corrected chi connectivity index (χ0v) is 16.0. The van der Waals surface area contributed by atoms with Gasteiger partial charge in [0.15, 0.2) is 11.5 Å². The largest absolute Gasteiger partial charge is 0.493 e. The molecule has 0 aliphatic carbocycles. The standard InChI is InChI=1S/C22H20N2O4/c1-4-27-22(25)21-14(2)16-7-5-6-8-17(16)24-18(21)13-28-19-10-9-15(12-23)11-20(19)26-3/h5-11H,4,13H2,1-3H3. The lowest BCUT2D eigenvalue weighted by Crippen LogP contribution is -2.14. The van der Waals surface area contributed by atoms with E-state index in [-0.39, 0.29) is 13.2 Å². The van der Waals surface area contributed by atoms with E-state index in [4.69, 9.17) is 19.5 Å². The number of esters is 1. The van der Waals surface area contributed by atoms with Crippen LogP contribution in [0, 0.1) is 18.3 Å². The van der Waals surface area contributed by atoms with Gasteiger partial charge in [-0.2, -0.15) is 5.26 Å². The molecule has 0 spiro atoms. The number of carbonyl (C=O) groups excluding carboxylic acids is 1. The Labute approximate surface area is 163 Å². The molecule has 0 saturated heterocycles. The second-order valence-corrected chi connectivity index (χ2v) is 6.06. The van der Waals surface area contributed by atoms with Crippen molar-refractivity contribution in [2.75, 3.05) is 13.7 Å². The fraction of sp³-hybridized carbons (Fsp3) is 0.227. The number of benzene rings is 2. The Morgan fingerprint density at radius 2 is 1.96 bits per heavy atom. The molecule has 0 radical (unpaired) electrons. The molecule has 0 unspecified atom stereocenters. The van der Waals surface area contributed by atoms with Crippen LogP contribution in [0.25, 0.3) is 10.9 Å². The van der Waals surface area contributed by atoms with E-state index < -0.39 is 5.97 Å². The summed E-state index contributed by atoms with van der Waals surface area (Å²) < 4.78 is 16.4. The van der Waals surface area contributed by atoms with Gasteiger partial charge in [0, 0.05) is 11.5 Å². The third kappa shape index (κ3) is 3.74. The summed E-state index contributed by atoms with van der Waals surface area (Å²) >= 11 is 0. The predicted octanol–water partition coefficient (Wildman–Crippen LogP) is 4.18. The van der Waals surface area contributed by atoms with Crippen LogP contribution in [0.4, 0.5) is 0 Å². The summed E-state index contributed by atoms with van der Waals surface area (Å²) in [6, 6.07) is 14.6. The maximum absolute atomic E-state index is 12.6. The van der Waals surface area contributed by atoms with Crippen LogP contribution in [0.2, 0.25) is 0 Å². The molecular formula is C22H20N2O4. The minimum absolute atomic E-state index is 0.0576. The smallest absolute Gasteiger partial charge is 0.340 e. The van der Waals surface area contributed by atoms with Gasteiger partial charge in [-0.15, -0.1) is 0 Å². The zero-order valence-electron chi connectivity index (χ0n) is 16.0. The van der Waals surface area contributed by atoms with Gasteiger partial charge in [-0.1, -0.05) is 18.2 Å². The van der Waals surface area contributed by atoms with Crippen molar-refractivity contribution >= 4 is 16.9 Å². The number of rotatable bonds is 6. The Morgan fingerprint density at radius 1 is 1.18 bits per heavy atom. The van der Waals surface area contributed by atoms with Crippen LogP contribution in [0.1, 0.15) is 34.1 Å². The van der Waals surface area contributed by atoms with E-state index in [1.54, 1.807) is 25.1 Å². The highest BCUT2D eigenvalue weighted by molar-refractivity contribution is 5.98. The molecule has 0 bridgehead atoms. The average molecular weight is 376 g/mol. The van der Waals surface area contributed by atoms with Gasteiger partial charge in [0.1, 0.15) is 6.61 Å². The minimum Gasteiger partial charge on any atom is -0.493 e. The number of aryl methyl sites for hydroxylation is 1. The van der Waals surface area contributed by atoms with Crippen molar-refractivity contribution in [3.8, 4) is 17.6 Å². The van der Waals surface area contributed by atoms with Crippen molar-refractivity contribution in [2.24, 2.45) is 0 Å². The van der Waals surface area contributed by atoms with Crippen molar-refractivity contribution in [3.05, 3.63) is 64.8 Å². The molecule has 0 fully saturated rings. The van der Waals surface area contributed by atoms with Crippen molar-refractivity contribution < 1.29 is 19.0 Å². The van der Waals surface area contributed by atoms with Gasteiger partial charge in [0.25, 0.3) is 0 Å². The summed E-state index contributed by atoms with van der Waals surface area (Å²) in [4.78, 5) is 17.2.